The normalized spacial score (nSPS) is 11.6. The van der Waals surface area contributed by atoms with Gasteiger partial charge in [0.15, 0.2) is 0 Å². The number of aromatic nitrogens is 1. The predicted octanol–water partition coefficient (Wildman–Crippen LogP) is 11.1. The average molecular weight is 642 g/mol. The Hall–Kier alpha value is -5.41. The first-order valence-corrected chi connectivity index (χ1v) is 16.8. The second-order valence-electron chi connectivity index (χ2n) is 11.2. The summed E-state index contributed by atoms with van der Waals surface area (Å²) in [5, 5.41) is 5.03. The molecule has 0 bridgehead atoms. The molecule has 0 fully saturated rings. The molecule has 0 aliphatic heterocycles. The molecule has 2 heterocycles. The molecule has 0 N–H and O–H groups in total. The van der Waals surface area contributed by atoms with E-state index in [0.717, 1.165) is 33.7 Å². The Morgan fingerprint density at radius 2 is 1.24 bits per heavy atom. The number of hydrogen-bond donors (Lipinski definition) is 0. The predicted molar refractivity (Wildman–Crippen MR) is 189 cm³/mol. The number of rotatable bonds is 5. The van der Waals surface area contributed by atoms with Gasteiger partial charge in [-0.05, 0) is 0 Å². The van der Waals surface area contributed by atoms with Gasteiger partial charge in [-0.25, -0.2) is 0 Å². The van der Waals surface area contributed by atoms with E-state index in [9.17, 15) is 0 Å². The van der Waals surface area contributed by atoms with Crippen molar-refractivity contribution in [1.82, 2.24) is 4.98 Å². The molecule has 9 rings (SSSR count). The molecule has 0 saturated heterocycles. The zero-order valence-electron chi connectivity index (χ0n) is 24.2. The molecule has 9 aromatic rings. The van der Waals surface area contributed by atoms with Gasteiger partial charge in [-0.1, -0.05) is 18.2 Å². The minimum absolute atomic E-state index is 0.172. The van der Waals surface area contributed by atoms with Crippen LogP contribution in [0.5, 0.6) is 0 Å². The summed E-state index contributed by atoms with van der Waals surface area (Å²) in [4.78, 5) is 7.19. The van der Waals surface area contributed by atoms with Gasteiger partial charge in [-0.2, -0.15) is 0 Å². The maximum atomic E-state index is 6.22. The van der Waals surface area contributed by atoms with Gasteiger partial charge in [0.1, 0.15) is 0 Å². The fourth-order valence-electron chi connectivity index (χ4n) is 6.32. The Balaban J connectivity index is 1.14. The topological polar surface area (TPSA) is 29.3 Å². The molecular formula is C41H26N2OSe. The van der Waals surface area contributed by atoms with Crippen LogP contribution in [0.2, 0.25) is 0 Å². The molecule has 7 aromatic carbocycles. The third-order valence-corrected chi connectivity index (χ3v) is 10.8. The van der Waals surface area contributed by atoms with Gasteiger partial charge in [-0.15, -0.1) is 0 Å². The van der Waals surface area contributed by atoms with E-state index >= 15 is 0 Å². The molecule has 0 atom stereocenters. The zero-order valence-corrected chi connectivity index (χ0v) is 25.9. The number of para-hydroxylation sites is 3. The van der Waals surface area contributed by atoms with Gasteiger partial charge in [0.05, 0.1) is 0 Å². The molecular weight excluding hydrogens is 615 g/mol. The Morgan fingerprint density at radius 1 is 0.511 bits per heavy atom. The van der Waals surface area contributed by atoms with Crippen LogP contribution in [0.3, 0.4) is 0 Å². The Morgan fingerprint density at radius 3 is 2.11 bits per heavy atom. The zero-order chi connectivity index (χ0) is 29.7. The van der Waals surface area contributed by atoms with E-state index in [1.165, 1.54) is 41.2 Å². The number of benzene rings is 7. The molecule has 0 aliphatic carbocycles. The van der Waals surface area contributed by atoms with Crippen LogP contribution in [0, 0.1) is 0 Å². The van der Waals surface area contributed by atoms with Crippen molar-refractivity contribution in [2.75, 3.05) is 4.90 Å². The summed E-state index contributed by atoms with van der Waals surface area (Å²) in [5.41, 5.74) is 8.59. The molecule has 0 radical (unpaired) electrons. The number of fused-ring (bicyclic) bond motifs is 5. The van der Waals surface area contributed by atoms with Crippen molar-refractivity contribution < 1.29 is 4.42 Å². The van der Waals surface area contributed by atoms with Crippen molar-refractivity contribution in [1.29, 1.82) is 0 Å². The first-order chi connectivity index (χ1) is 22.3. The van der Waals surface area contributed by atoms with Crippen LogP contribution in [-0.4, -0.2) is 19.5 Å². The molecule has 4 heteroatoms. The minimum atomic E-state index is 0.172. The van der Waals surface area contributed by atoms with Gasteiger partial charge in [0, 0.05) is 0 Å². The first kappa shape index (κ1) is 26.0. The SMILES string of the molecule is c1ccc(N(c2ccc(-c3ccc4ccccc4c3)cc2)c2ccc3c(c2)[se]c2cccc(-c4nc5ccccc5o4)c23)cc1. The van der Waals surface area contributed by atoms with Crippen molar-refractivity contribution >= 4 is 72.7 Å². The molecule has 3 nitrogen and oxygen atoms in total. The second-order valence-corrected chi connectivity index (χ2v) is 13.5. The Bertz CT molecular complexity index is 2460. The fraction of sp³-hybridized carbons (Fsp3) is 0. The maximum absolute atomic E-state index is 6.22. The van der Waals surface area contributed by atoms with Crippen LogP contribution in [0.15, 0.2) is 162 Å². The van der Waals surface area contributed by atoms with Crippen molar-refractivity contribution in [2.45, 2.75) is 0 Å². The standard InChI is InChI=1S/C41H26N2OSe/c1-2-11-31(12-3-1)43(32-21-19-28(20-22-32)30-18-17-27-9-4-5-10-29(27)25-30)33-23-24-34-39(26-33)45-38-16-8-13-35(40(34)38)41-42-36-14-6-7-15-37(36)44-41/h1-26H. The van der Waals surface area contributed by atoms with Crippen molar-refractivity contribution in [3.8, 4) is 22.6 Å². The third-order valence-electron chi connectivity index (χ3n) is 8.49. The molecule has 0 aliphatic rings. The first-order valence-electron chi connectivity index (χ1n) is 15.0. The van der Waals surface area contributed by atoms with Crippen LogP contribution in [0.1, 0.15) is 0 Å². The summed E-state index contributed by atoms with van der Waals surface area (Å²) >= 11 is 0.172. The summed E-state index contributed by atoms with van der Waals surface area (Å²) in [6.45, 7) is 0. The van der Waals surface area contributed by atoms with Gasteiger partial charge >= 0.3 is 249 Å². The fourth-order valence-corrected chi connectivity index (χ4v) is 8.76. The molecule has 212 valence electrons. The molecule has 0 spiro atoms. The molecule has 0 amide bonds. The van der Waals surface area contributed by atoms with Crippen molar-refractivity contribution in [2.24, 2.45) is 0 Å². The van der Waals surface area contributed by atoms with E-state index in [4.69, 9.17) is 9.40 Å². The van der Waals surface area contributed by atoms with E-state index in [1.807, 2.05) is 24.3 Å². The van der Waals surface area contributed by atoms with Gasteiger partial charge < -0.3 is 0 Å². The Kier molecular flexibility index (Phi) is 6.15. The Labute approximate surface area is 266 Å². The monoisotopic (exact) mass is 642 g/mol. The van der Waals surface area contributed by atoms with Gasteiger partial charge in [-0.3, -0.25) is 0 Å². The molecule has 0 saturated carbocycles. The van der Waals surface area contributed by atoms with E-state index in [0.29, 0.717) is 5.89 Å². The van der Waals surface area contributed by atoms with E-state index in [2.05, 4.69) is 138 Å². The molecule has 45 heavy (non-hydrogen) atoms. The number of hydrogen-bond acceptors (Lipinski definition) is 3. The average Bonchev–Trinajstić information content (AvgIpc) is 3.70. The second kappa shape index (κ2) is 10.6. The summed E-state index contributed by atoms with van der Waals surface area (Å²) < 4.78 is 8.95. The van der Waals surface area contributed by atoms with E-state index in [1.54, 1.807) is 0 Å². The summed E-state index contributed by atoms with van der Waals surface area (Å²) in [7, 11) is 0. The van der Waals surface area contributed by atoms with E-state index in [-0.39, 0.29) is 14.5 Å². The van der Waals surface area contributed by atoms with Crippen LogP contribution in [-0.2, 0) is 0 Å². The van der Waals surface area contributed by atoms with Crippen LogP contribution in [0.4, 0.5) is 17.1 Å². The van der Waals surface area contributed by atoms with Crippen LogP contribution in [0.25, 0.3) is 63.7 Å². The van der Waals surface area contributed by atoms with Crippen molar-refractivity contribution in [3.05, 3.63) is 158 Å². The van der Waals surface area contributed by atoms with Gasteiger partial charge in [0.2, 0.25) is 0 Å². The summed E-state index contributed by atoms with van der Waals surface area (Å²) in [6.07, 6.45) is 0. The number of anilines is 3. The van der Waals surface area contributed by atoms with Crippen LogP contribution < -0.4 is 4.90 Å². The van der Waals surface area contributed by atoms with Crippen molar-refractivity contribution in [3.63, 3.8) is 0 Å². The summed E-state index contributed by atoms with van der Waals surface area (Å²) in [5.74, 6) is 0.679. The van der Waals surface area contributed by atoms with E-state index < -0.39 is 0 Å². The number of nitrogens with zero attached hydrogens (tertiary/aromatic N) is 2. The molecule has 0 unspecified atom stereocenters. The third kappa shape index (κ3) is 4.55. The summed E-state index contributed by atoms with van der Waals surface area (Å²) in [6, 6.07) is 56.1. The number of oxazole rings is 1. The quantitative estimate of drug-likeness (QED) is 0.175. The van der Waals surface area contributed by atoms with Crippen LogP contribution >= 0.6 is 0 Å². The van der Waals surface area contributed by atoms with Gasteiger partial charge in [0.25, 0.3) is 0 Å². The molecule has 2 aromatic heterocycles.